The Kier molecular flexibility index (Phi) is 33.9. The molecule has 302 valence electrons. The van der Waals surface area contributed by atoms with E-state index in [0.717, 1.165) is 32.1 Å². The van der Waals surface area contributed by atoms with Gasteiger partial charge in [0.15, 0.2) is 6.10 Å². The lowest BCUT2D eigenvalue weighted by Crippen LogP contribution is -2.55. The van der Waals surface area contributed by atoms with Crippen molar-refractivity contribution in [1.29, 1.82) is 0 Å². The van der Waals surface area contributed by atoms with Gasteiger partial charge in [0.1, 0.15) is 12.6 Å². The Bertz CT molecular complexity index is 953. The molecule has 0 aromatic heterocycles. The zero-order chi connectivity index (χ0) is 38.5. The zero-order valence-electron chi connectivity index (χ0n) is 34.2. The maximum atomic E-state index is 12.6. The normalized spacial score (nSPS) is 13.3. The van der Waals surface area contributed by atoms with Gasteiger partial charge in [-0.05, 0) is 51.4 Å². The highest BCUT2D eigenvalue weighted by Crippen LogP contribution is 2.14. The first kappa shape index (κ1) is 49.6. The zero-order valence-corrected chi connectivity index (χ0v) is 34.2. The molecule has 2 atom stereocenters. The fourth-order valence-corrected chi connectivity index (χ4v) is 5.96. The van der Waals surface area contributed by atoms with Crippen LogP contribution < -0.4 is 5.11 Å². The minimum absolute atomic E-state index is 0.0250. The number of unbranched alkanes of at least 4 members (excludes halogenated alkanes) is 18. The minimum atomic E-state index is -1.13. The van der Waals surface area contributed by atoms with Gasteiger partial charge in [-0.3, -0.25) is 9.59 Å². The first-order valence-corrected chi connectivity index (χ1v) is 21.0. The number of carboxylic acids is 1. The van der Waals surface area contributed by atoms with Gasteiger partial charge in [-0.2, -0.15) is 0 Å². The number of nitrogens with zero attached hydrogens (tertiary/aromatic N) is 1. The Morgan fingerprint density at radius 3 is 1.58 bits per heavy atom. The van der Waals surface area contributed by atoms with Gasteiger partial charge >= 0.3 is 11.9 Å². The Morgan fingerprint density at radius 1 is 0.577 bits per heavy atom. The Morgan fingerprint density at radius 2 is 1.06 bits per heavy atom. The summed E-state index contributed by atoms with van der Waals surface area (Å²) in [6.45, 7) is 4.55. The summed E-state index contributed by atoms with van der Waals surface area (Å²) in [5.41, 5.74) is 0. The lowest BCUT2D eigenvalue weighted by atomic mass is 10.1. The molecular weight excluding hydrogens is 654 g/mol. The van der Waals surface area contributed by atoms with E-state index < -0.39 is 18.1 Å². The molecule has 0 N–H and O–H groups in total. The molecule has 8 nitrogen and oxygen atoms in total. The molecule has 52 heavy (non-hydrogen) atoms. The molecule has 8 heteroatoms. The van der Waals surface area contributed by atoms with Crippen molar-refractivity contribution in [3.05, 3.63) is 36.5 Å². The number of esters is 2. The van der Waals surface area contributed by atoms with Crippen molar-refractivity contribution in [3.8, 4) is 0 Å². The smallest absolute Gasteiger partial charge is 0.306 e. The first-order chi connectivity index (χ1) is 25.1. The van der Waals surface area contributed by atoms with Crippen LogP contribution in [0.2, 0.25) is 0 Å². The highest BCUT2D eigenvalue weighted by atomic mass is 16.6. The topological polar surface area (TPSA) is 102 Å². The van der Waals surface area contributed by atoms with E-state index in [1.54, 1.807) is 21.1 Å². The molecular formula is C44H79NO7. The van der Waals surface area contributed by atoms with E-state index in [1.165, 1.54) is 103 Å². The fourth-order valence-electron chi connectivity index (χ4n) is 5.96. The Hall–Kier alpha value is -2.45. The summed E-state index contributed by atoms with van der Waals surface area (Å²) in [4.78, 5) is 36.6. The van der Waals surface area contributed by atoms with Crippen molar-refractivity contribution < 1.29 is 38.2 Å². The van der Waals surface area contributed by atoms with Crippen LogP contribution in [0.1, 0.15) is 174 Å². The molecule has 0 aliphatic rings. The van der Waals surface area contributed by atoms with Crippen molar-refractivity contribution in [2.24, 2.45) is 0 Å². The lowest BCUT2D eigenvalue weighted by molar-refractivity contribution is -0.889. The monoisotopic (exact) mass is 734 g/mol. The molecule has 0 aliphatic carbocycles. The second kappa shape index (κ2) is 35.6. The van der Waals surface area contributed by atoms with Crippen LogP contribution in [0.5, 0.6) is 0 Å². The largest absolute Gasteiger partial charge is 0.544 e. The summed E-state index contributed by atoms with van der Waals surface area (Å²) < 4.78 is 17.0. The maximum Gasteiger partial charge on any atom is 0.306 e. The lowest BCUT2D eigenvalue weighted by Gasteiger charge is -2.34. The second-order valence-corrected chi connectivity index (χ2v) is 15.2. The number of carboxylic acid groups (broad SMARTS) is 1. The molecule has 0 radical (unpaired) electrons. The summed E-state index contributed by atoms with van der Waals surface area (Å²) in [5.74, 6) is -1.81. The van der Waals surface area contributed by atoms with Crippen molar-refractivity contribution in [2.75, 3.05) is 41.0 Å². The van der Waals surface area contributed by atoms with Crippen LogP contribution in [0.3, 0.4) is 0 Å². The van der Waals surface area contributed by atoms with E-state index in [-0.39, 0.29) is 49.1 Å². The summed E-state index contributed by atoms with van der Waals surface area (Å²) in [5, 5.41) is 11.6. The molecule has 0 aromatic rings. The summed E-state index contributed by atoms with van der Waals surface area (Å²) in [6, 6.07) is -0.729. The van der Waals surface area contributed by atoms with Crippen LogP contribution in [-0.2, 0) is 28.6 Å². The van der Waals surface area contributed by atoms with Crippen LogP contribution in [-0.4, -0.2) is 75.5 Å². The molecule has 0 heterocycles. The van der Waals surface area contributed by atoms with E-state index in [1.807, 2.05) is 6.08 Å². The van der Waals surface area contributed by atoms with E-state index >= 15 is 0 Å². The Balaban J connectivity index is 4.24. The standard InChI is InChI=1S/C44H79NO7/c1-6-8-10-12-14-16-17-18-19-20-21-22-23-24-25-26-27-29-30-32-34-42(46)51-39-40(38-50-37-36-41(44(48)49)45(3,4)5)52-43(47)35-33-31-28-15-13-11-9-7-2/h16-19,28,31,40-41H,6-15,20-27,29-30,32-39H2,1-5H3/b17-16+,19-18+,31-28+. The maximum absolute atomic E-state index is 12.6. The van der Waals surface area contributed by atoms with Gasteiger partial charge in [-0.1, -0.05) is 140 Å². The summed E-state index contributed by atoms with van der Waals surface area (Å²) in [6.07, 6.45) is 39.1. The van der Waals surface area contributed by atoms with Crippen molar-refractivity contribution in [2.45, 2.75) is 187 Å². The molecule has 2 unspecified atom stereocenters. The fraction of sp³-hybridized carbons (Fsp3) is 0.795. The van der Waals surface area contributed by atoms with Crippen LogP contribution in [0.4, 0.5) is 0 Å². The van der Waals surface area contributed by atoms with Crippen LogP contribution in [0, 0.1) is 0 Å². The summed E-state index contributed by atoms with van der Waals surface area (Å²) in [7, 11) is 5.38. The highest BCUT2D eigenvalue weighted by molar-refractivity contribution is 5.70. The number of allylic oxidation sites excluding steroid dienone is 6. The molecule has 0 amide bonds. The van der Waals surface area contributed by atoms with Crippen LogP contribution in [0.25, 0.3) is 0 Å². The quantitative estimate of drug-likeness (QED) is 0.0206. The molecule has 0 aliphatic heterocycles. The molecule has 0 saturated carbocycles. The van der Waals surface area contributed by atoms with E-state index in [4.69, 9.17) is 14.2 Å². The molecule has 0 saturated heterocycles. The van der Waals surface area contributed by atoms with Gasteiger partial charge in [-0.15, -0.1) is 0 Å². The van der Waals surface area contributed by atoms with Gasteiger partial charge in [0.2, 0.25) is 0 Å². The van der Waals surface area contributed by atoms with Crippen LogP contribution >= 0.6 is 0 Å². The van der Waals surface area contributed by atoms with Gasteiger partial charge < -0.3 is 28.6 Å². The third-order valence-electron chi connectivity index (χ3n) is 9.29. The molecule has 0 spiro atoms. The average molecular weight is 734 g/mol. The SMILES string of the molecule is CCCCCC/C=C/C=C/CCCCCCCCCCCCC(=O)OCC(COCCC(C(=O)[O-])[N+](C)(C)C)OC(=O)CC/C=C/CCCCCC. The van der Waals surface area contributed by atoms with Crippen molar-refractivity contribution in [3.63, 3.8) is 0 Å². The number of carbonyl (C=O) groups excluding carboxylic acids is 3. The Labute approximate surface area is 319 Å². The van der Waals surface area contributed by atoms with Crippen LogP contribution in [0.15, 0.2) is 36.5 Å². The third kappa shape index (κ3) is 33.4. The van der Waals surface area contributed by atoms with Gasteiger partial charge in [0.05, 0.1) is 40.3 Å². The summed E-state index contributed by atoms with van der Waals surface area (Å²) >= 11 is 0. The van der Waals surface area contributed by atoms with Gasteiger partial charge in [0.25, 0.3) is 0 Å². The number of ether oxygens (including phenoxy) is 3. The molecule has 0 aromatic carbocycles. The number of aliphatic carboxylic acids is 1. The van der Waals surface area contributed by atoms with Crippen molar-refractivity contribution in [1.82, 2.24) is 0 Å². The predicted molar refractivity (Wildman–Crippen MR) is 213 cm³/mol. The second-order valence-electron chi connectivity index (χ2n) is 15.2. The molecule has 0 bridgehead atoms. The van der Waals surface area contributed by atoms with E-state index in [9.17, 15) is 19.5 Å². The number of carbonyl (C=O) groups is 3. The van der Waals surface area contributed by atoms with E-state index in [2.05, 4.69) is 44.2 Å². The number of hydrogen-bond donors (Lipinski definition) is 0. The number of likely N-dealkylation sites (N-methyl/N-ethyl adjacent to an activating group) is 1. The minimum Gasteiger partial charge on any atom is -0.544 e. The third-order valence-corrected chi connectivity index (χ3v) is 9.29. The highest BCUT2D eigenvalue weighted by Gasteiger charge is 2.25. The molecule has 0 fully saturated rings. The number of hydrogen-bond acceptors (Lipinski definition) is 7. The predicted octanol–water partition coefficient (Wildman–Crippen LogP) is 9.74. The van der Waals surface area contributed by atoms with Crippen molar-refractivity contribution >= 4 is 17.9 Å². The number of quaternary nitrogens is 1. The number of rotatable bonds is 37. The first-order valence-electron chi connectivity index (χ1n) is 21.0. The van der Waals surface area contributed by atoms with Gasteiger partial charge in [0, 0.05) is 19.3 Å². The average Bonchev–Trinajstić information content (AvgIpc) is 3.09. The molecule has 0 rings (SSSR count). The van der Waals surface area contributed by atoms with Gasteiger partial charge in [-0.25, -0.2) is 0 Å². The van der Waals surface area contributed by atoms with E-state index in [0.29, 0.717) is 12.8 Å².